The van der Waals surface area contributed by atoms with Gasteiger partial charge < -0.3 is 5.32 Å². The molecule has 0 aliphatic rings. The maximum absolute atomic E-state index is 3.61. The summed E-state index contributed by atoms with van der Waals surface area (Å²) in [6.45, 7) is 5.07. The predicted octanol–water partition coefficient (Wildman–Crippen LogP) is 5.28. The molecule has 0 unspecified atom stereocenters. The summed E-state index contributed by atoms with van der Waals surface area (Å²) in [7, 11) is 0. The van der Waals surface area contributed by atoms with Crippen molar-refractivity contribution in [1.29, 1.82) is 0 Å². The zero-order valence-corrected chi connectivity index (χ0v) is 14.2. The molecule has 0 radical (unpaired) electrons. The van der Waals surface area contributed by atoms with E-state index in [9.17, 15) is 0 Å². The van der Waals surface area contributed by atoms with Gasteiger partial charge in [0.25, 0.3) is 0 Å². The van der Waals surface area contributed by atoms with Crippen LogP contribution >= 0.6 is 38.5 Å². The first kappa shape index (κ1) is 13.9. The molecule has 0 atom stereocenters. The van der Waals surface area contributed by atoms with Crippen molar-refractivity contribution in [2.75, 3.05) is 5.32 Å². The molecule has 2 aromatic carbocycles. The van der Waals surface area contributed by atoms with Gasteiger partial charge in [-0.05, 0) is 77.4 Å². The van der Waals surface area contributed by atoms with Crippen LogP contribution in [0.25, 0.3) is 0 Å². The molecule has 94 valence electrons. The lowest BCUT2D eigenvalue weighted by Gasteiger charge is -2.11. The standard InChI is InChI=1S/C15H15BrIN/c1-10-3-4-12(14(16)7-10)9-18-15-6-5-13(17)8-11(15)2/h3-8,18H,9H2,1-2H3. The van der Waals surface area contributed by atoms with Gasteiger partial charge in [0, 0.05) is 20.3 Å². The predicted molar refractivity (Wildman–Crippen MR) is 90.1 cm³/mol. The first-order chi connectivity index (χ1) is 8.56. The number of nitrogens with one attached hydrogen (secondary N) is 1. The van der Waals surface area contributed by atoms with Gasteiger partial charge >= 0.3 is 0 Å². The second-order valence-corrected chi connectivity index (χ2v) is 6.51. The first-order valence-electron chi connectivity index (χ1n) is 5.81. The van der Waals surface area contributed by atoms with Crippen molar-refractivity contribution in [3.05, 3.63) is 61.1 Å². The molecule has 0 spiro atoms. The van der Waals surface area contributed by atoms with E-state index in [4.69, 9.17) is 0 Å². The molecule has 1 N–H and O–H groups in total. The molecule has 0 amide bonds. The molecule has 3 heteroatoms. The Morgan fingerprint density at radius 3 is 2.56 bits per heavy atom. The molecule has 0 heterocycles. The first-order valence-corrected chi connectivity index (χ1v) is 7.68. The van der Waals surface area contributed by atoms with Gasteiger partial charge in [0.2, 0.25) is 0 Å². The minimum atomic E-state index is 0.836. The summed E-state index contributed by atoms with van der Waals surface area (Å²) in [6, 6.07) is 12.9. The third kappa shape index (κ3) is 3.48. The number of hydrogen-bond acceptors (Lipinski definition) is 1. The van der Waals surface area contributed by atoms with Crippen molar-refractivity contribution < 1.29 is 0 Å². The van der Waals surface area contributed by atoms with E-state index in [1.807, 2.05) is 0 Å². The second kappa shape index (κ2) is 6.06. The molecule has 0 saturated heterocycles. The highest BCUT2D eigenvalue weighted by Crippen LogP contribution is 2.22. The van der Waals surface area contributed by atoms with Crippen LogP contribution in [0.5, 0.6) is 0 Å². The Kier molecular flexibility index (Phi) is 4.67. The Labute approximate surface area is 130 Å². The van der Waals surface area contributed by atoms with E-state index < -0.39 is 0 Å². The van der Waals surface area contributed by atoms with Crippen molar-refractivity contribution >= 4 is 44.2 Å². The number of aryl methyl sites for hydroxylation is 2. The molecule has 0 aliphatic carbocycles. The van der Waals surface area contributed by atoms with E-state index in [1.54, 1.807) is 0 Å². The van der Waals surface area contributed by atoms with Crippen molar-refractivity contribution in [3.63, 3.8) is 0 Å². The third-order valence-electron chi connectivity index (χ3n) is 2.87. The van der Waals surface area contributed by atoms with Crippen LogP contribution in [-0.4, -0.2) is 0 Å². The average molecular weight is 416 g/mol. The lowest BCUT2D eigenvalue weighted by Crippen LogP contribution is -2.02. The monoisotopic (exact) mass is 415 g/mol. The van der Waals surface area contributed by atoms with Crippen LogP contribution in [0.3, 0.4) is 0 Å². The second-order valence-electron chi connectivity index (χ2n) is 4.41. The van der Waals surface area contributed by atoms with E-state index in [1.165, 1.54) is 25.9 Å². The molecule has 0 saturated carbocycles. The van der Waals surface area contributed by atoms with Gasteiger partial charge in [0.05, 0.1) is 0 Å². The highest BCUT2D eigenvalue weighted by atomic mass is 127. The normalized spacial score (nSPS) is 10.4. The summed E-state index contributed by atoms with van der Waals surface area (Å²) in [6.07, 6.45) is 0. The lowest BCUT2D eigenvalue weighted by molar-refractivity contribution is 1.12. The fourth-order valence-corrected chi connectivity index (χ4v) is 3.09. The molecule has 0 aromatic heterocycles. The Balaban J connectivity index is 2.11. The summed E-state index contributed by atoms with van der Waals surface area (Å²) in [5, 5.41) is 3.48. The Hall–Kier alpha value is -0.550. The van der Waals surface area contributed by atoms with Crippen molar-refractivity contribution in [1.82, 2.24) is 0 Å². The average Bonchev–Trinajstić information content (AvgIpc) is 2.30. The quantitative estimate of drug-likeness (QED) is 0.672. The summed E-state index contributed by atoms with van der Waals surface area (Å²) >= 11 is 5.95. The van der Waals surface area contributed by atoms with Crippen molar-refractivity contribution in [3.8, 4) is 0 Å². The van der Waals surface area contributed by atoms with Crippen molar-refractivity contribution in [2.45, 2.75) is 20.4 Å². The third-order valence-corrected chi connectivity index (χ3v) is 4.28. The molecule has 18 heavy (non-hydrogen) atoms. The number of hydrogen-bond donors (Lipinski definition) is 1. The minimum absolute atomic E-state index is 0.836. The molecule has 0 aliphatic heterocycles. The minimum Gasteiger partial charge on any atom is -0.381 e. The van der Waals surface area contributed by atoms with E-state index in [-0.39, 0.29) is 0 Å². The summed E-state index contributed by atoms with van der Waals surface area (Å²) in [5.41, 5.74) is 5.03. The summed E-state index contributed by atoms with van der Waals surface area (Å²) in [5.74, 6) is 0. The van der Waals surface area contributed by atoms with E-state index in [2.05, 4.69) is 94.1 Å². The molecule has 1 nitrogen and oxygen atoms in total. The Bertz CT molecular complexity index is 515. The number of rotatable bonds is 3. The SMILES string of the molecule is Cc1ccc(CNc2ccc(I)cc2C)c(Br)c1. The van der Waals surface area contributed by atoms with Gasteiger partial charge in [-0.25, -0.2) is 0 Å². The van der Waals surface area contributed by atoms with Crippen LogP contribution in [0.1, 0.15) is 16.7 Å². The number of anilines is 1. The van der Waals surface area contributed by atoms with Gasteiger partial charge in [-0.2, -0.15) is 0 Å². The van der Waals surface area contributed by atoms with Crippen LogP contribution in [0.4, 0.5) is 5.69 Å². The fraction of sp³-hybridized carbons (Fsp3) is 0.200. The number of benzene rings is 2. The maximum atomic E-state index is 3.61. The number of halogens is 2. The van der Waals surface area contributed by atoms with Crippen LogP contribution < -0.4 is 5.32 Å². The summed E-state index contributed by atoms with van der Waals surface area (Å²) in [4.78, 5) is 0. The van der Waals surface area contributed by atoms with Gasteiger partial charge in [0.15, 0.2) is 0 Å². The zero-order chi connectivity index (χ0) is 13.1. The molecule has 0 fully saturated rings. The van der Waals surface area contributed by atoms with E-state index in [0.717, 1.165) is 11.0 Å². The highest BCUT2D eigenvalue weighted by Gasteiger charge is 2.02. The van der Waals surface area contributed by atoms with Gasteiger partial charge in [-0.1, -0.05) is 28.1 Å². The molecular weight excluding hydrogens is 401 g/mol. The molecular formula is C15H15BrIN. The zero-order valence-electron chi connectivity index (χ0n) is 10.4. The van der Waals surface area contributed by atoms with Gasteiger partial charge in [0.1, 0.15) is 0 Å². The highest BCUT2D eigenvalue weighted by molar-refractivity contribution is 14.1. The van der Waals surface area contributed by atoms with Crippen molar-refractivity contribution in [2.24, 2.45) is 0 Å². The van der Waals surface area contributed by atoms with Gasteiger partial charge in [-0.3, -0.25) is 0 Å². The molecule has 2 aromatic rings. The Morgan fingerprint density at radius 1 is 1.11 bits per heavy atom. The topological polar surface area (TPSA) is 12.0 Å². The smallest absolute Gasteiger partial charge is 0.0412 e. The largest absolute Gasteiger partial charge is 0.381 e. The van der Waals surface area contributed by atoms with Crippen LogP contribution in [-0.2, 0) is 6.54 Å². The van der Waals surface area contributed by atoms with Crippen LogP contribution in [0, 0.1) is 17.4 Å². The summed E-state index contributed by atoms with van der Waals surface area (Å²) < 4.78 is 2.44. The Morgan fingerprint density at radius 2 is 1.89 bits per heavy atom. The lowest BCUT2D eigenvalue weighted by atomic mass is 10.1. The maximum Gasteiger partial charge on any atom is 0.0412 e. The molecule has 0 bridgehead atoms. The van der Waals surface area contributed by atoms with E-state index >= 15 is 0 Å². The van der Waals surface area contributed by atoms with E-state index in [0.29, 0.717) is 0 Å². The fourth-order valence-electron chi connectivity index (χ4n) is 1.81. The molecule has 2 rings (SSSR count). The van der Waals surface area contributed by atoms with Crippen LogP contribution in [0.2, 0.25) is 0 Å². The van der Waals surface area contributed by atoms with Gasteiger partial charge in [-0.15, -0.1) is 0 Å². The van der Waals surface area contributed by atoms with Crippen LogP contribution in [0.15, 0.2) is 40.9 Å².